The first-order valence-corrected chi connectivity index (χ1v) is 6.57. The lowest BCUT2D eigenvalue weighted by atomic mass is 10.0. The summed E-state index contributed by atoms with van der Waals surface area (Å²) in [4.78, 5) is 10.8. The minimum absolute atomic E-state index is 0.0805. The van der Waals surface area contributed by atoms with Crippen LogP contribution in [0.2, 0.25) is 0 Å². The molecule has 0 spiro atoms. The van der Waals surface area contributed by atoms with Crippen molar-refractivity contribution < 1.29 is 19.7 Å². The maximum Gasteiger partial charge on any atom is 0.185 e. The van der Waals surface area contributed by atoms with Gasteiger partial charge in [0.25, 0.3) is 0 Å². The van der Waals surface area contributed by atoms with Gasteiger partial charge in [-0.3, -0.25) is 4.79 Å². The lowest BCUT2D eigenvalue weighted by molar-refractivity contribution is -0.109. The largest absolute Gasteiger partial charge is 0.497 e. The van der Waals surface area contributed by atoms with Crippen molar-refractivity contribution in [3.8, 4) is 5.75 Å². The molecule has 0 aliphatic rings. The lowest BCUT2D eigenvalue weighted by Crippen LogP contribution is -2.21. The fourth-order valence-electron chi connectivity index (χ4n) is 1.58. The molecule has 0 heterocycles. The predicted octanol–water partition coefficient (Wildman–Crippen LogP) is 1.68. The van der Waals surface area contributed by atoms with Gasteiger partial charge in [-0.25, -0.2) is 0 Å². The summed E-state index contributed by atoms with van der Waals surface area (Å²) in [6.07, 6.45) is -2.00. The highest BCUT2D eigenvalue weighted by atomic mass is 32.2. The number of ether oxygens (including phenoxy) is 1. The van der Waals surface area contributed by atoms with Crippen molar-refractivity contribution in [3.05, 3.63) is 29.3 Å². The number of aliphatic hydroxyl groups excluding tert-OH is 2. The van der Waals surface area contributed by atoms with Gasteiger partial charge in [-0.05, 0) is 30.2 Å². The molecule has 0 aromatic heterocycles. The normalized spacial score (nSPS) is 14.1. The van der Waals surface area contributed by atoms with Gasteiger partial charge in [0.1, 0.15) is 11.9 Å². The second-order valence-electron chi connectivity index (χ2n) is 4.10. The Kier molecular flexibility index (Phi) is 5.65. The van der Waals surface area contributed by atoms with E-state index in [1.807, 2.05) is 13.0 Å². The molecule has 0 aliphatic heterocycles. The third kappa shape index (κ3) is 4.33. The van der Waals surface area contributed by atoms with E-state index in [-0.39, 0.29) is 10.9 Å². The van der Waals surface area contributed by atoms with Crippen LogP contribution in [-0.4, -0.2) is 34.3 Å². The molecule has 0 radical (unpaired) electrons. The highest BCUT2D eigenvalue weighted by Gasteiger charge is 2.20. The van der Waals surface area contributed by atoms with E-state index >= 15 is 0 Å². The number of aryl methyl sites for hydroxylation is 1. The molecule has 18 heavy (non-hydrogen) atoms. The highest BCUT2D eigenvalue weighted by Crippen LogP contribution is 2.25. The zero-order valence-corrected chi connectivity index (χ0v) is 11.5. The Balaban J connectivity index is 2.79. The molecule has 0 fully saturated rings. The summed E-state index contributed by atoms with van der Waals surface area (Å²) in [6.45, 7) is 3.31. The summed E-state index contributed by atoms with van der Waals surface area (Å²) in [5, 5.41) is 19.7. The minimum atomic E-state index is -1.02. The van der Waals surface area contributed by atoms with Crippen molar-refractivity contribution in [2.75, 3.05) is 12.9 Å². The van der Waals surface area contributed by atoms with E-state index < -0.39 is 12.2 Å². The summed E-state index contributed by atoms with van der Waals surface area (Å²) in [5.74, 6) is 0.808. The van der Waals surface area contributed by atoms with Gasteiger partial charge in [0, 0.05) is 12.7 Å². The smallest absolute Gasteiger partial charge is 0.185 e. The number of methoxy groups -OCH3 is 1. The molecule has 2 unspecified atom stereocenters. The topological polar surface area (TPSA) is 66.8 Å². The van der Waals surface area contributed by atoms with Crippen LogP contribution in [0.1, 0.15) is 24.2 Å². The van der Waals surface area contributed by atoms with Crippen molar-refractivity contribution >= 4 is 16.9 Å². The fourth-order valence-corrected chi connectivity index (χ4v) is 2.17. The molecule has 100 valence electrons. The van der Waals surface area contributed by atoms with Crippen LogP contribution in [0.5, 0.6) is 5.75 Å². The number of carbonyl (C=O) groups excluding carboxylic acids is 1. The van der Waals surface area contributed by atoms with Gasteiger partial charge in [0.2, 0.25) is 0 Å². The molecule has 5 heteroatoms. The van der Waals surface area contributed by atoms with Gasteiger partial charge in [0.05, 0.1) is 13.2 Å². The minimum Gasteiger partial charge on any atom is -0.497 e. The van der Waals surface area contributed by atoms with Crippen molar-refractivity contribution in [1.82, 2.24) is 0 Å². The third-order valence-electron chi connectivity index (χ3n) is 2.47. The lowest BCUT2D eigenvalue weighted by Gasteiger charge is -2.18. The van der Waals surface area contributed by atoms with E-state index in [0.29, 0.717) is 11.3 Å². The van der Waals surface area contributed by atoms with Gasteiger partial charge >= 0.3 is 0 Å². The van der Waals surface area contributed by atoms with Crippen molar-refractivity contribution in [2.24, 2.45) is 0 Å². The van der Waals surface area contributed by atoms with Crippen LogP contribution >= 0.6 is 11.8 Å². The van der Waals surface area contributed by atoms with Crippen molar-refractivity contribution in [2.45, 2.75) is 26.1 Å². The second-order valence-corrected chi connectivity index (χ2v) is 5.30. The molecular formula is C13H18O4S. The average molecular weight is 270 g/mol. The van der Waals surface area contributed by atoms with Gasteiger partial charge in [-0.1, -0.05) is 17.8 Å². The van der Waals surface area contributed by atoms with E-state index in [1.54, 1.807) is 19.2 Å². The highest BCUT2D eigenvalue weighted by molar-refractivity contribution is 8.13. The Morgan fingerprint density at radius 1 is 1.39 bits per heavy atom. The molecule has 2 atom stereocenters. The van der Waals surface area contributed by atoms with E-state index in [2.05, 4.69) is 0 Å². The number of thioether (sulfide) groups is 1. The summed E-state index contributed by atoms with van der Waals surface area (Å²) < 4.78 is 5.11. The van der Waals surface area contributed by atoms with E-state index in [0.717, 1.165) is 17.3 Å². The van der Waals surface area contributed by atoms with Crippen molar-refractivity contribution in [3.63, 3.8) is 0 Å². The Bertz CT molecular complexity index is 419. The van der Waals surface area contributed by atoms with Gasteiger partial charge < -0.3 is 14.9 Å². The molecule has 1 aromatic carbocycles. The number of hydrogen-bond donors (Lipinski definition) is 2. The van der Waals surface area contributed by atoms with Crippen LogP contribution in [0, 0.1) is 6.92 Å². The molecule has 2 N–H and O–H groups in total. The standard InChI is InChI=1S/C13H18O4S/c1-8-4-10(6-11(5-8)17-3)13(16)12(15)7-18-9(2)14/h4-6,12-13,15-16H,7H2,1-3H3. The maximum atomic E-state index is 10.8. The number of carbonyl (C=O) groups is 1. The zero-order chi connectivity index (χ0) is 13.7. The number of rotatable bonds is 5. The first-order valence-electron chi connectivity index (χ1n) is 5.59. The summed E-state index contributed by atoms with van der Waals surface area (Å²) in [6, 6.07) is 5.31. The quantitative estimate of drug-likeness (QED) is 0.852. The Labute approximate surface area is 111 Å². The molecule has 1 aromatic rings. The molecule has 4 nitrogen and oxygen atoms in total. The molecule has 0 bridgehead atoms. The third-order valence-corrected chi connectivity index (χ3v) is 3.39. The molecule has 1 rings (SSSR count). The summed E-state index contributed by atoms with van der Waals surface area (Å²) in [5.41, 5.74) is 1.53. The molecule has 0 saturated carbocycles. The average Bonchev–Trinajstić information content (AvgIpc) is 2.34. The monoisotopic (exact) mass is 270 g/mol. The van der Waals surface area contributed by atoms with Crippen LogP contribution in [-0.2, 0) is 4.79 Å². The maximum absolute atomic E-state index is 10.8. The fraction of sp³-hybridized carbons (Fsp3) is 0.462. The number of benzene rings is 1. The van der Waals surface area contributed by atoms with Crippen LogP contribution in [0.4, 0.5) is 0 Å². The van der Waals surface area contributed by atoms with Crippen molar-refractivity contribution in [1.29, 1.82) is 0 Å². The predicted molar refractivity (Wildman–Crippen MR) is 71.8 cm³/mol. The van der Waals surface area contributed by atoms with Crippen LogP contribution in [0.25, 0.3) is 0 Å². The molecular weight excluding hydrogens is 252 g/mol. The van der Waals surface area contributed by atoms with Gasteiger partial charge in [0.15, 0.2) is 5.12 Å². The van der Waals surface area contributed by atoms with Crippen LogP contribution in [0.15, 0.2) is 18.2 Å². The number of aliphatic hydroxyl groups is 2. The summed E-state index contributed by atoms with van der Waals surface area (Å²) in [7, 11) is 1.55. The first kappa shape index (κ1) is 15.0. The molecule has 0 amide bonds. The van der Waals surface area contributed by atoms with Crippen LogP contribution in [0.3, 0.4) is 0 Å². The Morgan fingerprint density at radius 3 is 2.61 bits per heavy atom. The van der Waals surface area contributed by atoms with Gasteiger partial charge in [-0.15, -0.1) is 0 Å². The molecule has 0 aliphatic carbocycles. The second kappa shape index (κ2) is 6.78. The SMILES string of the molecule is COc1cc(C)cc(C(O)C(O)CSC(C)=O)c1. The number of hydrogen-bond acceptors (Lipinski definition) is 5. The summed E-state index contributed by atoms with van der Waals surface area (Å²) >= 11 is 0.996. The van der Waals surface area contributed by atoms with E-state index in [4.69, 9.17) is 4.74 Å². The van der Waals surface area contributed by atoms with Gasteiger partial charge in [-0.2, -0.15) is 0 Å². The van der Waals surface area contributed by atoms with E-state index in [1.165, 1.54) is 6.92 Å². The first-order chi connectivity index (χ1) is 8.43. The zero-order valence-electron chi connectivity index (χ0n) is 10.7. The van der Waals surface area contributed by atoms with E-state index in [9.17, 15) is 15.0 Å². The Morgan fingerprint density at radius 2 is 2.06 bits per heavy atom. The van der Waals surface area contributed by atoms with Crippen LogP contribution < -0.4 is 4.74 Å². The molecule has 0 saturated heterocycles. The Hall–Kier alpha value is -1.04.